The summed E-state index contributed by atoms with van der Waals surface area (Å²) in [6.45, 7) is 0. The molecule has 43 heavy (non-hydrogen) atoms. The van der Waals surface area contributed by atoms with Gasteiger partial charge in [-0.3, -0.25) is 11.1 Å². The van der Waals surface area contributed by atoms with Gasteiger partial charge in [-0.15, -0.1) is 40.5 Å². The molecular formula is C37H24AuN4O+. The van der Waals surface area contributed by atoms with Crippen molar-refractivity contribution in [1.29, 1.82) is 0 Å². The summed E-state index contributed by atoms with van der Waals surface area (Å²) in [4.78, 5) is 4.29. The molecule has 5 nitrogen and oxygen atoms in total. The fraction of sp³-hybridized carbons (Fsp3) is 0. The first-order chi connectivity index (χ1) is 20.8. The Morgan fingerprint density at radius 2 is 1.30 bits per heavy atom. The minimum absolute atomic E-state index is 0. The Morgan fingerprint density at radius 3 is 1.98 bits per heavy atom. The van der Waals surface area contributed by atoms with Crippen LogP contribution in [0.3, 0.4) is 0 Å². The fourth-order valence-electron chi connectivity index (χ4n) is 4.44. The van der Waals surface area contributed by atoms with E-state index in [1.165, 1.54) is 11.1 Å². The molecule has 0 amide bonds. The Labute approximate surface area is 266 Å². The molecule has 208 valence electrons. The van der Waals surface area contributed by atoms with E-state index in [-0.39, 0.29) is 22.4 Å². The van der Waals surface area contributed by atoms with Crippen molar-refractivity contribution in [3.8, 4) is 45.5 Å². The zero-order chi connectivity index (χ0) is 28.6. The molecule has 6 heteroatoms. The van der Waals surface area contributed by atoms with E-state index in [9.17, 15) is 0 Å². The van der Waals surface area contributed by atoms with Crippen molar-refractivity contribution in [2.24, 2.45) is 0 Å². The Kier molecular flexibility index (Phi) is 9.58. The largest absolute Gasteiger partial charge is 3.00 e. The predicted molar refractivity (Wildman–Crippen MR) is 163 cm³/mol. The number of rotatable bonds is 5. The van der Waals surface area contributed by atoms with Crippen LogP contribution in [0.5, 0.6) is 11.6 Å². The first-order valence-corrected chi connectivity index (χ1v) is 13.4. The van der Waals surface area contributed by atoms with Crippen molar-refractivity contribution in [2.75, 3.05) is 0 Å². The van der Waals surface area contributed by atoms with E-state index < -0.39 is 0 Å². The van der Waals surface area contributed by atoms with Crippen molar-refractivity contribution >= 4 is 11.0 Å². The zero-order valence-electron chi connectivity index (χ0n) is 22.9. The predicted octanol–water partition coefficient (Wildman–Crippen LogP) is 7.41. The van der Waals surface area contributed by atoms with Crippen LogP contribution < -0.4 is 14.6 Å². The van der Waals surface area contributed by atoms with Crippen LogP contribution in [0.25, 0.3) is 39.0 Å². The number of aromatic nitrogens is 4. The molecule has 0 unspecified atom stereocenters. The monoisotopic (exact) mass is 737 g/mol. The van der Waals surface area contributed by atoms with Crippen LogP contribution in [0.2, 0.25) is 0 Å². The van der Waals surface area contributed by atoms with Crippen LogP contribution in [0, 0.1) is 18.4 Å². The van der Waals surface area contributed by atoms with Crippen molar-refractivity contribution < 1.29 is 31.8 Å². The van der Waals surface area contributed by atoms with Crippen LogP contribution in [0.4, 0.5) is 0 Å². The fourth-order valence-corrected chi connectivity index (χ4v) is 4.44. The number of hydrogen-bond donors (Lipinski definition) is 0. The van der Waals surface area contributed by atoms with Gasteiger partial charge in [0, 0.05) is 23.7 Å². The van der Waals surface area contributed by atoms with Gasteiger partial charge in [0.2, 0.25) is 11.4 Å². The van der Waals surface area contributed by atoms with Gasteiger partial charge in [-0.2, -0.15) is 0 Å². The molecule has 0 aliphatic heterocycles. The minimum atomic E-state index is 0. The molecule has 2 aromatic heterocycles. The molecule has 0 radical (unpaired) electrons. The molecule has 5 aromatic carbocycles. The van der Waals surface area contributed by atoms with Gasteiger partial charge in [0.1, 0.15) is 0 Å². The standard InChI is InChI=1S/C29H19N4O.C8H5.Au/c1-2-8-21(9-3-1)22-13-15-23(16-14-22)24-18-25(33-28-11-5-4-10-27(28)31-32-33)20-26(19-24)34-29-12-6-7-17-30-29;1-2-8-6-4-3-5-7-8;/h1-19H;3-7H;/q2*-1;+3. The van der Waals surface area contributed by atoms with E-state index in [1.807, 2.05) is 103 Å². The Balaban J connectivity index is 0.000000357. The van der Waals surface area contributed by atoms with Gasteiger partial charge < -0.3 is 15.8 Å². The molecule has 0 aliphatic rings. The van der Waals surface area contributed by atoms with Crippen LogP contribution in [-0.2, 0) is 22.4 Å². The van der Waals surface area contributed by atoms with Crippen molar-refractivity contribution in [3.63, 3.8) is 0 Å². The van der Waals surface area contributed by atoms with Gasteiger partial charge in [0.15, 0.2) is 5.52 Å². The molecule has 0 aliphatic carbocycles. The maximum absolute atomic E-state index is 6.69. The third kappa shape index (κ3) is 7.16. The summed E-state index contributed by atoms with van der Waals surface area (Å²) >= 11 is 0. The Morgan fingerprint density at radius 1 is 0.674 bits per heavy atom. The minimum Gasteiger partial charge on any atom is -0.466 e. The number of nitrogens with zero attached hydrogens (tertiary/aromatic N) is 4. The summed E-state index contributed by atoms with van der Waals surface area (Å²) in [6.07, 6.45) is 8.40. The smallest absolute Gasteiger partial charge is 0.466 e. The maximum atomic E-state index is 6.69. The number of benzene rings is 5. The van der Waals surface area contributed by atoms with Gasteiger partial charge in [-0.25, -0.2) is 4.98 Å². The van der Waals surface area contributed by atoms with Gasteiger partial charge in [0.05, 0.1) is 0 Å². The second-order valence-corrected chi connectivity index (χ2v) is 9.31. The van der Waals surface area contributed by atoms with Gasteiger partial charge in [-0.1, -0.05) is 97.1 Å². The number of pyridine rings is 1. The summed E-state index contributed by atoms with van der Waals surface area (Å²) < 4.78 is 7.84. The molecule has 7 rings (SSSR count). The van der Waals surface area contributed by atoms with Crippen LogP contribution in [0.1, 0.15) is 5.56 Å². The van der Waals surface area contributed by atoms with Gasteiger partial charge in [-0.05, 0) is 34.9 Å². The van der Waals surface area contributed by atoms with E-state index >= 15 is 0 Å². The second-order valence-electron chi connectivity index (χ2n) is 9.31. The quantitative estimate of drug-likeness (QED) is 0.0800. The van der Waals surface area contributed by atoms with Crippen LogP contribution in [-0.4, -0.2) is 10.1 Å². The summed E-state index contributed by atoms with van der Waals surface area (Å²) in [6, 6.07) is 49.0. The number of hydrogen-bond acceptors (Lipinski definition) is 3. The summed E-state index contributed by atoms with van der Waals surface area (Å²) in [7, 11) is 0. The molecular weight excluding hydrogens is 713 g/mol. The third-order valence-electron chi connectivity index (χ3n) is 6.51. The summed E-state index contributed by atoms with van der Waals surface area (Å²) in [5.74, 6) is 3.33. The molecule has 0 saturated carbocycles. The molecule has 0 fully saturated rings. The summed E-state index contributed by atoms with van der Waals surface area (Å²) in [5.41, 5.74) is 7.68. The molecule has 0 bridgehead atoms. The zero-order valence-corrected chi connectivity index (χ0v) is 25.0. The molecule has 0 N–H and O–H groups in total. The average Bonchev–Trinajstić information content (AvgIpc) is 3.51. The van der Waals surface area contributed by atoms with E-state index in [1.54, 1.807) is 10.9 Å². The van der Waals surface area contributed by atoms with Crippen molar-refractivity contribution in [3.05, 3.63) is 164 Å². The van der Waals surface area contributed by atoms with E-state index in [4.69, 9.17) is 11.2 Å². The van der Waals surface area contributed by atoms with E-state index in [0.29, 0.717) is 11.6 Å². The SMILES string of the molecule is [Au+3].[C-]#Cc1ccccc1.[c-]1c(Oc2ccccn2)cc(-c2ccc(-c3ccccc3)cc2)cc1-[n+]1[n-]nc2ccccc21. The molecule has 2 heterocycles. The first kappa shape index (κ1) is 29.2. The Hall–Kier alpha value is -5.25. The Bertz CT molecular complexity index is 1950. The number of ether oxygens (including phenoxy) is 1. The summed E-state index contributed by atoms with van der Waals surface area (Å²) in [5, 5.41) is 8.66. The third-order valence-corrected chi connectivity index (χ3v) is 6.51. The van der Waals surface area contributed by atoms with Crippen molar-refractivity contribution in [2.45, 2.75) is 0 Å². The molecule has 0 atom stereocenters. The second kappa shape index (κ2) is 14.1. The van der Waals surface area contributed by atoms with E-state index in [0.717, 1.165) is 33.4 Å². The molecule has 7 aromatic rings. The van der Waals surface area contributed by atoms with E-state index in [2.05, 4.69) is 63.7 Å². The normalized spacial score (nSPS) is 10.1. The number of fused-ring (bicyclic) bond motifs is 1. The first-order valence-electron chi connectivity index (χ1n) is 13.4. The molecule has 0 saturated heterocycles. The van der Waals surface area contributed by atoms with Crippen LogP contribution >= 0.6 is 0 Å². The maximum Gasteiger partial charge on any atom is 3.00 e. The number of para-hydroxylation sites is 1. The van der Waals surface area contributed by atoms with Crippen molar-refractivity contribution in [1.82, 2.24) is 15.3 Å². The molecule has 0 spiro atoms. The van der Waals surface area contributed by atoms with Gasteiger partial charge >= 0.3 is 22.4 Å². The van der Waals surface area contributed by atoms with Crippen LogP contribution in [0.15, 0.2) is 146 Å². The topological polar surface area (TPSA) is 53.0 Å². The average molecular weight is 738 g/mol. The van der Waals surface area contributed by atoms with Gasteiger partial charge in [0.25, 0.3) is 0 Å².